The predicted molar refractivity (Wildman–Crippen MR) is 58.0 cm³/mol. The van der Waals surface area contributed by atoms with E-state index in [1.54, 1.807) is 19.2 Å². The number of carbonyl (C=O) groups is 1. The normalized spacial score (nSPS) is 9.47. The molecule has 0 radical (unpaired) electrons. The van der Waals surface area contributed by atoms with E-state index >= 15 is 0 Å². The van der Waals surface area contributed by atoms with E-state index in [0.29, 0.717) is 18.3 Å². The molecule has 2 N–H and O–H groups in total. The molecule has 1 amide bonds. The van der Waals surface area contributed by atoms with Crippen molar-refractivity contribution in [3.8, 4) is 5.88 Å². The molecule has 1 rings (SSSR count). The molecule has 0 saturated carbocycles. The molecule has 0 bridgehead atoms. The summed E-state index contributed by atoms with van der Waals surface area (Å²) in [5.74, 6) is 1.10. The first kappa shape index (κ1) is 11.3. The first-order valence-corrected chi connectivity index (χ1v) is 4.80. The maximum atomic E-state index is 11.0. The van der Waals surface area contributed by atoms with Crippen LogP contribution in [0.5, 0.6) is 5.88 Å². The van der Waals surface area contributed by atoms with Crippen molar-refractivity contribution in [2.45, 2.75) is 6.92 Å². The Morgan fingerprint density at radius 3 is 3.00 bits per heavy atom. The lowest BCUT2D eigenvalue weighted by molar-refractivity contribution is -0.118. The van der Waals surface area contributed by atoms with Gasteiger partial charge in [-0.15, -0.1) is 0 Å². The summed E-state index contributed by atoms with van der Waals surface area (Å²) in [6.07, 6.45) is 0. The van der Waals surface area contributed by atoms with E-state index in [0.717, 1.165) is 0 Å². The van der Waals surface area contributed by atoms with Gasteiger partial charge in [0, 0.05) is 13.1 Å². The molecule has 0 aliphatic carbocycles. The standard InChI is InChI=1S/C10H15N3O2/c1-3-15-10-6-4-5-8(13-10)12-7-9(14)11-2/h4-6H,3,7H2,1-2H3,(H,11,14)(H,12,13). The summed E-state index contributed by atoms with van der Waals surface area (Å²) in [6.45, 7) is 2.68. The topological polar surface area (TPSA) is 63.2 Å². The second-order valence-corrected chi connectivity index (χ2v) is 2.82. The van der Waals surface area contributed by atoms with E-state index in [4.69, 9.17) is 4.74 Å². The average molecular weight is 209 g/mol. The molecule has 0 fully saturated rings. The Morgan fingerprint density at radius 1 is 1.53 bits per heavy atom. The number of carbonyl (C=O) groups excluding carboxylic acids is 1. The van der Waals surface area contributed by atoms with Gasteiger partial charge < -0.3 is 15.4 Å². The van der Waals surface area contributed by atoms with Crippen LogP contribution >= 0.6 is 0 Å². The van der Waals surface area contributed by atoms with Crippen LogP contribution in [0.4, 0.5) is 5.82 Å². The van der Waals surface area contributed by atoms with Gasteiger partial charge in [0.25, 0.3) is 0 Å². The molecule has 0 aliphatic heterocycles. The zero-order valence-corrected chi connectivity index (χ0v) is 8.91. The maximum absolute atomic E-state index is 11.0. The van der Waals surface area contributed by atoms with Crippen molar-refractivity contribution in [3.63, 3.8) is 0 Å². The largest absolute Gasteiger partial charge is 0.478 e. The minimum Gasteiger partial charge on any atom is -0.478 e. The number of nitrogens with one attached hydrogen (secondary N) is 2. The molecule has 82 valence electrons. The maximum Gasteiger partial charge on any atom is 0.239 e. The third kappa shape index (κ3) is 3.84. The lowest BCUT2D eigenvalue weighted by Crippen LogP contribution is -2.26. The number of nitrogens with zero attached hydrogens (tertiary/aromatic N) is 1. The quantitative estimate of drug-likeness (QED) is 0.747. The highest BCUT2D eigenvalue weighted by Gasteiger charge is 2.00. The van der Waals surface area contributed by atoms with Crippen LogP contribution in [-0.4, -0.2) is 31.1 Å². The molecule has 5 heteroatoms. The molecule has 1 heterocycles. The number of pyridine rings is 1. The number of ether oxygens (including phenoxy) is 1. The Balaban J connectivity index is 2.53. The summed E-state index contributed by atoms with van der Waals surface area (Å²) in [6, 6.07) is 5.38. The fourth-order valence-electron chi connectivity index (χ4n) is 1.00. The van der Waals surface area contributed by atoms with Crippen molar-refractivity contribution in [2.75, 3.05) is 25.5 Å². The fraction of sp³-hybridized carbons (Fsp3) is 0.400. The highest BCUT2D eigenvalue weighted by atomic mass is 16.5. The van der Waals surface area contributed by atoms with Crippen molar-refractivity contribution in [2.24, 2.45) is 0 Å². The number of likely N-dealkylation sites (N-methyl/N-ethyl adjacent to an activating group) is 1. The third-order valence-electron chi connectivity index (χ3n) is 1.72. The molecule has 5 nitrogen and oxygen atoms in total. The van der Waals surface area contributed by atoms with Crippen LogP contribution in [0.1, 0.15) is 6.92 Å². The molecule has 0 atom stereocenters. The third-order valence-corrected chi connectivity index (χ3v) is 1.72. The van der Waals surface area contributed by atoms with E-state index < -0.39 is 0 Å². The van der Waals surface area contributed by atoms with Gasteiger partial charge >= 0.3 is 0 Å². The van der Waals surface area contributed by atoms with E-state index in [1.165, 1.54) is 0 Å². The van der Waals surface area contributed by atoms with Crippen LogP contribution in [0, 0.1) is 0 Å². The number of aromatic nitrogens is 1. The first-order valence-electron chi connectivity index (χ1n) is 4.80. The highest BCUT2D eigenvalue weighted by Crippen LogP contribution is 2.10. The smallest absolute Gasteiger partial charge is 0.239 e. The Kier molecular flexibility index (Phi) is 4.40. The van der Waals surface area contributed by atoms with Gasteiger partial charge in [-0.2, -0.15) is 4.98 Å². The number of anilines is 1. The van der Waals surface area contributed by atoms with Crippen LogP contribution in [0.15, 0.2) is 18.2 Å². The zero-order chi connectivity index (χ0) is 11.1. The summed E-state index contributed by atoms with van der Waals surface area (Å²) in [4.78, 5) is 15.1. The van der Waals surface area contributed by atoms with Crippen LogP contribution in [-0.2, 0) is 4.79 Å². The number of amides is 1. The first-order chi connectivity index (χ1) is 7.26. The van der Waals surface area contributed by atoms with Gasteiger partial charge in [0.05, 0.1) is 13.2 Å². The monoisotopic (exact) mass is 209 g/mol. The van der Waals surface area contributed by atoms with Gasteiger partial charge in [-0.3, -0.25) is 4.79 Å². The number of hydrogen-bond donors (Lipinski definition) is 2. The summed E-state index contributed by atoms with van der Waals surface area (Å²) < 4.78 is 5.23. The Hall–Kier alpha value is -1.78. The van der Waals surface area contributed by atoms with Gasteiger partial charge in [0.2, 0.25) is 11.8 Å². The molecule has 1 aromatic heterocycles. The number of rotatable bonds is 5. The van der Waals surface area contributed by atoms with Gasteiger partial charge in [-0.05, 0) is 13.0 Å². The van der Waals surface area contributed by atoms with Crippen LogP contribution in [0.3, 0.4) is 0 Å². The Bertz CT molecular complexity index is 328. The van der Waals surface area contributed by atoms with Gasteiger partial charge in [0.15, 0.2) is 0 Å². The molecule has 0 unspecified atom stereocenters. The van der Waals surface area contributed by atoms with Crippen molar-refractivity contribution in [1.29, 1.82) is 0 Å². The second kappa shape index (κ2) is 5.85. The summed E-state index contributed by atoms with van der Waals surface area (Å²) in [5.41, 5.74) is 0. The van der Waals surface area contributed by atoms with Gasteiger partial charge in [0.1, 0.15) is 5.82 Å². The van der Waals surface area contributed by atoms with Gasteiger partial charge in [-0.25, -0.2) is 0 Å². The highest BCUT2D eigenvalue weighted by molar-refractivity contribution is 5.80. The van der Waals surface area contributed by atoms with Crippen molar-refractivity contribution in [3.05, 3.63) is 18.2 Å². The van der Waals surface area contributed by atoms with Crippen molar-refractivity contribution < 1.29 is 9.53 Å². The average Bonchev–Trinajstić information content (AvgIpc) is 2.27. The summed E-state index contributed by atoms with van der Waals surface area (Å²) in [5, 5.41) is 5.41. The van der Waals surface area contributed by atoms with Crippen molar-refractivity contribution in [1.82, 2.24) is 10.3 Å². The lowest BCUT2D eigenvalue weighted by Gasteiger charge is -2.06. The van der Waals surface area contributed by atoms with Crippen LogP contribution in [0.2, 0.25) is 0 Å². The van der Waals surface area contributed by atoms with Crippen LogP contribution in [0.25, 0.3) is 0 Å². The number of hydrogen-bond acceptors (Lipinski definition) is 4. The zero-order valence-electron chi connectivity index (χ0n) is 8.91. The van der Waals surface area contributed by atoms with E-state index in [1.807, 2.05) is 13.0 Å². The predicted octanol–water partition coefficient (Wildman–Crippen LogP) is 0.638. The molecule has 1 aromatic rings. The Labute approximate surface area is 88.9 Å². The fourth-order valence-corrected chi connectivity index (χ4v) is 1.00. The lowest BCUT2D eigenvalue weighted by atomic mass is 10.4. The molecule has 0 aliphatic rings. The Morgan fingerprint density at radius 2 is 2.33 bits per heavy atom. The molecule has 0 saturated heterocycles. The molecule has 0 aromatic carbocycles. The minimum atomic E-state index is -0.0846. The molecular formula is C10H15N3O2. The van der Waals surface area contributed by atoms with E-state index in [2.05, 4.69) is 15.6 Å². The molecular weight excluding hydrogens is 194 g/mol. The van der Waals surface area contributed by atoms with E-state index in [-0.39, 0.29) is 12.5 Å². The molecule has 15 heavy (non-hydrogen) atoms. The van der Waals surface area contributed by atoms with Gasteiger partial charge in [-0.1, -0.05) is 6.07 Å². The minimum absolute atomic E-state index is 0.0846. The van der Waals surface area contributed by atoms with Crippen LogP contribution < -0.4 is 15.4 Å². The summed E-state index contributed by atoms with van der Waals surface area (Å²) in [7, 11) is 1.59. The SMILES string of the molecule is CCOc1cccc(NCC(=O)NC)n1. The second-order valence-electron chi connectivity index (χ2n) is 2.82. The van der Waals surface area contributed by atoms with E-state index in [9.17, 15) is 4.79 Å². The molecule has 0 spiro atoms. The van der Waals surface area contributed by atoms with Crippen molar-refractivity contribution >= 4 is 11.7 Å². The summed E-state index contributed by atoms with van der Waals surface area (Å²) >= 11 is 0.